The maximum atomic E-state index is 11.0. The highest BCUT2D eigenvalue weighted by Gasteiger charge is 2.18. The molecule has 2 heterocycles. The topological polar surface area (TPSA) is 61.4 Å². The summed E-state index contributed by atoms with van der Waals surface area (Å²) in [6, 6.07) is 20.2. The van der Waals surface area contributed by atoms with Gasteiger partial charge in [-0.25, -0.2) is 9.97 Å². The Morgan fingerprint density at radius 3 is 2.32 bits per heavy atom. The number of aryl methyl sites for hydroxylation is 1. The van der Waals surface area contributed by atoms with Gasteiger partial charge in [0.25, 0.3) is 0 Å². The Balaban J connectivity index is 1.67. The third-order valence-electron chi connectivity index (χ3n) is 4.86. The van der Waals surface area contributed by atoms with Crippen molar-refractivity contribution in [3.05, 3.63) is 66.2 Å². The largest absolute Gasteiger partial charge is 0.353 e. The van der Waals surface area contributed by atoms with Gasteiger partial charge in [-0.1, -0.05) is 48.0 Å². The minimum absolute atomic E-state index is 0.686. The Morgan fingerprint density at radius 1 is 0.929 bits per heavy atom. The lowest BCUT2D eigenvalue weighted by atomic mass is 10.2. The molecule has 1 aliphatic heterocycles. The first-order valence-corrected chi connectivity index (χ1v) is 9.44. The molecule has 6 heteroatoms. The van der Waals surface area contributed by atoms with Gasteiger partial charge in [-0.05, 0) is 19.1 Å². The number of piperazine rings is 1. The lowest BCUT2D eigenvalue weighted by molar-refractivity contribution is -0.118. The zero-order valence-corrected chi connectivity index (χ0v) is 15.9. The van der Waals surface area contributed by atoms with Crippen LogP contribution in [0.2, 0.25) is 0 Å². The second-order valence-corrected chi connectivity index (χ2v) is 6.92. The van der Waals surface area contributed by atoms with E-state index in [-0.39, 0.29) is 0 Å². The molecule has 0 atom stereocenters. The summed E-state index contributed by atoms with van der Waals surface area (Å²) in [7, 11) is 0. The van der Waals surface area contributed by atoms with E-state index in [1.54, 1.807) is 4.90 Å². The second kappa shape index (κ2) is 8.08. The zero-order chi connectivity index (χ0) is 19.3. The molecule has 0 radical (unpaired) electrons. The number of hydrogen-bond donors (Lipinski definition) is 1. The molecule has 28 heavy (non-hydrogen) atoms. The van der Waals surface area contributed by atoms with Crippen molar-refractivity contribution in [2.45, 2.75) is 6.92 Å². The van der Waals surface area contributed by atoms with Crippen LogP contribution >= 0.6 is 0 Å². The lowest BCUT2D eigenvalue weighted by Gasteiger charge is -2.33. The molecule has 4 rings (SSSR count). The summed E-state index contributed by atoms with van der Waals surface area (Å²) in [6.07, 6.45) is 0.914. The van der Waals surface area contributed by atoms with Gasteiger partial charge in [0, 0.05) is 43.5 Å². The molecule has 1 aromatic heterocycles. The molecule has 0 aliphatic carbocycles. The van der Waals surface area contributed by atoms with E-state index in [0.717, 1.165) is 42.4 Å². The van der Waals surface area contributed by atoms with Crippen LogP contribution in [0, 0.1) is 6.92 Å². The molecular formula is C22H23N5O. The molecule has 1 fully saturated rings. The number of aromatic nitrogens is 2. The first kappa shape index (κ1) is 18.0. The highest BCUT2D eigenvalue weighted by molar-refractivity contribution is 5.66. The van der Waals surface area contributed by atoms with E-state index in [0.29, 0.717) is 18.9 Å². The van der Waals surface area contributed by atoms with Crippen LogP contribution in [0.3, 0.4) is 0 Å². The highest BCUT2D eigenvalue weighted by Crippen LogP contribution is 2.25. The maximum absolute atomic E-state index is 11.0. The molecule has 3 aromatic rings. The van der Waals surface area contributed by atoms with Crippen LogP contribution in [-0.2, 0) is 4.79 Å². The van der Waals surface area contributed by atoms with Gasteiger partial charge in [-0.15, -0.1) is 0 Å². The average Bonchev–Trinajstić information content (AvgIpc) is 2.76. The van der Waals surface area contributed by atoms with Crippen molar-refractivity contribution >= 4 is 23.7 Å². The van der Waals surface area contributed by atoms with Crippen molar-refractivity contribution in [1.29, 1.82) is 0 Å². The van der Waals surface area contributed by atoms with E-state index in [4.69, 9.17) is 9.97 Å². The molecule has 0 spiro atoms. The van der Waals surface area contributed by atoms with E-state index in [1.807, 2.05) is 48.5 Å². The summed E-state index contributed by atoms with van der Waals surface area (Å²) in [6.45, 7) is 4.99. The van der Waals surface area contributed by atoms with E-state index in [9.17, 15) is 4.79 Å². The molecule has 1 saturated heterocycles. The van der Waals surface area contributed by atoms with E-state index in [1.165, 1.54) is 5.56 Å². The SMILES string of the molecule is Cc1ccc(Nc2cc(N3CCN(C=O)CC3)nc(-c3ccccc3)n2)cc1. The van der Waals surface area contributed by atoms with Crippen molar-refractivity contribution in [2.75, 3.05) is 36.4 Å². The minimum atomic E-state index is 0.686. The highest BCUT2D eigenvalue weighted by atomic mass is 16.1. The summed E-state index contributed by atoms with van der Waals surface area (Å²) in [5.74, 6) is 2.31. The summed E-state index contributed by atoms with van der Waals surface area (Å²) in [4.78, 5) is 24.5. The molecule has 1 N–H and O–H groups in total. The number of nitrogens with one attached hydrogen (secondary N) is 1. The average molecular weight is 373 g/mol. The van der Waals surface area contributed by atoms with Crippen LogP contribution < -0.4 is 10.2 Å². The predicted octanol–water partition coefficient (Wildman–Crippen LogP) is 3.47. The number of amides is 1. The third-order valence-corrected chi connectivity index (χ3v) is 4.86. The lowest BCUT2D eigenvalue weighted by Crippen LogP contribution is -2.46. The van der Waals surface area contributed by atoms with Crippen LogP contribution in [0.4, 0.5) is 17.3 Å². The fraction of sp³-hybridized carbons (Fsp3) is 0.227. The number of nitrogens with zero attached hydrogens (tertiary/aromatic N) is 4. The van der Waals surface area contributed by atoms with Gasteiger partial charge in [-0.3, -0.25) is 4.79 Å². The second-order valence-electron chi connectivity index (χ2n) is 6.92. The van der Waals surface area contributed by atoms with Gasteiger partial charge in [0.1, 0.15) is 11.6 Å². The first-order valence-electron chi connectivity index (χ1n) is 9.44. The van der Waals surface area contributed by atoms with Gasteiger partial charge < -0.3 is 15.1 Å². The molecule has 0 saturated carbocycles. The number of carbonyl (C=O) groups excluding carboxylic acids is 1. The van der Waals surface area contributed by atoms with Gasteiger partial charge in [0.2, 0.25) is 6.41 Å². The van der Waals surface area contributed by atoms with Crippen molar-refractivity contribution < 1.29 is 4.79 Å². The number of hydrogen-bond acceptors (Lipinski definition) is 5. The Labute approximate surface area is 164 Å². The van der Waals surface area contributed by atoms with Crippen molar-refractivity contribution in [2.24, 2.45) is 0 Å². The minimum Gasteiger partial charge on any atom is -0.353 e. The Morgan fingerprint density at radius 2 is 1.64 bits per heavy atom. The fourth-order valence-corrected chi connectivity index (χ4v) is 3.22. The van der Waals surface area contributed by atoms with Crippen LogP contribution in [0.5, 0.6) is 0 Å². The van der Waals surface area contributed by atoms with E-state index < -0.39 is 0 Å². The Hall–Kier alpha value is -3.41. The van der Waals surface area contributed by atoms with E-state index in [2.05, 4.69) is 29.3 Å². The first-order chi connectivity index (χ1) is 13.7. The Bertz CT molecular complexity index is 935. The molecular weight excluding hydrogens is 350 g/mol. The van der Waals surface area contributed by atoms with Crippen molar-refractivity contribution in [3.63, 3.8) is 0 Å². The summed E-state index contributed by atoms with van der Waals surface area (Å²) < 4.78 is 0. The van der Waals surface area contributed by atoms with Gasteiger partial charge in [0.15, 0.2) is 5.82 Å². The molecule has 1 amide bonds. The zero-order valence-electron chi connectivity index (χ0n) is 15.9. The van der Waals surface area contributed by atoms with Crippen molar-refractivity contribution in [1.82, 2.24) is 14.9 Å². The Kier molecular flexibility index (Phi) is 5.19. The van der Waals surface area contributed by atoms with Gasteiger partial charge in [-0.2, -0.15) is 0 Å². The van der Waals surface area contributed by atoms with Crippen LogP contribution in [-0.4, -0.2) is 47.5 Å². The molecule has 6 nitrogen and oxygen atoms in total. The molecule has 0 bridgehead atoms. The van der Waals surface area contributed by atoms with Crippen molar-refractivity contribution in [3.8, 4) is 11.4 Å². The number of benzene rings is 2. The van der Waals surface area contributed by atoms with Gasteiger partial charge in [0.05, 0.1) is 0 Å². The van der Waals surface area contributed by atoms with Gasteiger partial charge >= 0.3 is 0 Å². The van der Waals surface area contributed by atoms with E-state index >= 15 is 0 Å². The quantitative estimate of drug-likeness (QED) is 0.694. The molecule has 142 valence electrons. The number of anilines is 3. The summed E-state index contributed by atoms with van der Waals surface area (Å²) >= 11 is 0. The predicted molar refractivity (Wildman–Crippen MR) is 112 cm³/mol. The standard InChI is InChI=1S/C22H23N5O/c1-17-7-9-19(10-8-17)23-20-15-21(27-13-11-26(16-28)12-14-27)25-22(24-20)18-5-3-2-4-6-18/h2-10,15-16H,11-14H2,1H3,(H,23,24,25). The van der Waals surface area contributed by atoms with Crippen LogP contribution in [0.1, 0.15) is 5.56 Å². The monoisotopic (exact) mass is 373 g/mol. The van der Waals surface area contributed by atoms with Crippen LogP contribution in [0.15, 0.2) is 60.7 Å². The smallest absolute Gasteiger partial charge is 0.209 e. The number of carbonyl (C=O) groups is 1. The summed E-state index contributed by atoms with van der Waals surface area (Å²) in [5, 5.41) is 3.40. The fourth-order valence-electron chi connectivity index (χ4n) is 3.22. The number of rotatable bonds is 5. The normalized spacial score (nSPS) is 14.0. The maximum Gasteiger partial charge on any atom is 0.209 e. The molecule has 0 unspecified atom stereocenters. The molecule has 1 aliphatic rings. The summed E-state index contributed by atoms with van der Waals surface area (Å²) in [5.41, 5.74) is 3.18. The molecule has 2 aromatic carbocycles. The van der Waals surface area contributed by atoms with Crippen LogP contribution in [0.25, 0.3) is 11.4 Å². The third kappa shape index (κ3) is 4.11.